The van der Waals surface area contributed by atoms with Crippen molar-refractivity contribution in [3.63, 3.8) is 0 Å². The Kier molecular flexibility index (Phi) is 4.69. The lowest BCUT2D eigenvalue weighted by Gasteiger charge is -2.08. The average molecular weight is 343 g/mol. The zero-order chi connectivity index (χ0) is 14.8. The number of hydrogen-bond donors (Lipinski definition) is 0. The molecular formula is C14H15ClN2O2S2. The predicted octanol–water partition coefficient (Wildman–Crippen LogP) is 3.26. The van der Waals surface area contributed by atoms with Crippen LogP contribution in [0.1, 0.15) is 25.8 Å². The van der Waals surface area contributed by atoms with E-state index in [9.17, 15) is 4.79 Å². The third-order valence-corrected chi connectivity index (χ3v) is 5.89. The minimum atomic E-state index is -0.0435. The third-order valence-electron chi connectivity index (χ3n) is 3.37. The molecule has 3 heterocycles. The SMILES string of the molecule is COCCn1ncc(Cl)c1C(=O)c1cc2c(s1)CCSC2. The molecule has 0 saturated heterocycles. The van der Waals surface area contributed by atoms with E-state index >= 15 is 0 Å². The predicted molar refractivity (Wildman–Crippen MR) is 86.7 cm³/mol. The number of carbonyl (C=O) groups excluding carboxylic acids is 1. The van der Waals surface area contributed by atoms with Crippen LogP contribution in [0.3, 0.4) is 0 Å². The van der Waals surface area contributed by atoms with E-state index in [1.807, 2.05) is 17.8 Å². The van der Waals surface area contributed by atoms with Crippen molar-refractivity contribution < 1.29 is 9.53 Å². The first kappa shape index (κ1) is 15.1. The van der Waals surface area contributed by atoms with Crippen LogP contribution in [-0.2, 0) is 23.5 Å². The second-order valence-electron chi connectivity index (χ2n) is 4.75. The lowest BCUT2D eigenvalue weighted by molar-refractivity contribution is 0.102. The highest BCUT2D eigenvalue weighted by molar-refractivity contribution is 7.98. The first-order valence-corrected chi connectivity index (χ1v) is 9.00. The zero-order valence-corrected chi connectivity index (χ0v) is 14.0. The van der Waals surface area contributed by atoms with Gasteiger partial charge >= 0.3 is 0 Å². The maximum atomic E-state index is 12.7. The van der Waals surface area contributed by atoms with Crippen LogP contribution in [0.15, 0.2) is 12.3 Å². The standard InChI is InChI=1S/C14H15ClN2O2S2/c1-19-4-3-17-13(10(15)7-16-17)14(18)12-6-9-8-20-5-2-11(9)21-12/h6-7H,2-5,8H2,1H3. The van der Waals surface area contributed by atoms with E-state index < -0.39 is 0 Å². The number of fused-ring (bicyclic) bond motifs is 1. The highest BCUT2D eigenvalue weighted by atomic mass is 35.5. The number of nitrogens with zero attached hydrogens (tertiary/aromatic N) is 2. The van der Waals surface area contributed by atoms with Gasteiger partial charge in [0.05, 0.1) is 29.2 Å². The van der Waals surface area contributed by atoms with Crippen molar-refractivity contribution in [2.45, 2.75) is 18.7 Å². The van der Waals surface area contributed by atoms with E-state index in [0.717, 1.165) is 22.8 Å². The Morgan fingerprint density at radius 1 is 1.57 bits per heavy atom. The summed E-state index contributed by atoms with van der Waals surface area (Å²) in [5.41, 5.74) is 1.75. The molecule has 0 radical (unpaired) electrons. The maximum absolute atomic E-state index is 12.7. The van der Waals surface area contributed by atoms with Crippen LogP contribution in [0.5, 0.6) is 0 Å². The number of thiophene rings is 1. The highest BCUT2D eigenvalue weighted by Gasteiger charge is 2.23. The maximum Gasteiger partial charge on any atom is 0.222 e. The Bertz CT molecular complexity index is 642. The Morgan fingerprint density at radius 3 is 3.19 bits per heavy atom. The molecule has 1 aliphatic heterocycles. The van der Waals surface area contributed by atoms with Gasteiger partial charge in [0.15, 0.2) is 0 Å². The fourth-order valence-electron chi connectivity index (χ4n) is 2.31. The number of ketones is 1. The molecule has 0 aliphatic carbocycles. The average Bonchev–Trinajstić information content (AvgIpc) is 3.08. The fraction of sp³-hybridized carbons (Fsp3) is 0.429. The first-order valence-electron chi connectivity index (χ1n) is 6.65. The molecule has 0 fully saturated rings. The summed E-state index contributed by atoms with van der Waals surface area (Å²) in [6.45, 7) is 1.01. The molecule has 0 bridgehead atoms. The smallest absolute Gasteiger partial charge is 0.222 e. The molecule has 0 atom stereocenters. The van der Waals surface area contributed by atoms with Crippen LogP contribution in [0.25, 0.3) is 0 Å². The number of rotatable bonds is 5. The second kappa shape index (κ2) is 6.52. The van der Waals surface area contributed by atoms with Gasteiger partial charge in [0, 0.05) is 17.7 Å². The lowest BCUT2D eigenvalue weighted by atomic mass is 10.2. The van der Waals surface area contributed by atoms with Crippen molar-refractivity contribution in [1.82, 2.24) is 9.78 Å². The number of hydrogen-bond acceptors (Lipinski definition) is 5. The van der Waals surface area contributed by atoms with Crippen LogP contribution in [0.4, 0.5) is 0 Å². The molecule has 0 N–H and O–H groups in total. The summed E-state index contributed by atoms with van der Waals surface area (Å²) in [4.78, 5) is 14.8. The molecule has 2 aromatic rings. The van der Waals surface area contributed by atoms with E-state index in [0.29, 0.717) is 23.9 Å². The van der Waals surface area contributed by atoms with E-state index in [2.05, 4.69) is 5.10 Å². The molecule has 112 valence electrons. The molecule has 0 unspecified atom stereocenters. The van der Waals surface area contributed by atoms with Gasteiger partial charge in [-0.3, -0.25) is 9.48 Å². The van der Waals surface area contributed by atoms with E-state index in [1.54, 1.807) is 23.1 Å². The zero-order valence-electron chi connectivity index (χ0n) is 11.6. The minimum Gasteiger partial charge on any atom is -0.383 e. The van der Waals surface area contributed by atoms with E-state index in [1.165, 1.54) is 16.6 Å². The number of carbonyl (C=O) groups is 1. The van der Waals surface area contributed by atoms with E-state index in [-0.39, 0.29) is 5.78 Å². The van der Waals surface area contributed by atoms with Crippen LogP contribution in [0.2, 0.25) is 5.02 Å². The third kappa shape index (κ3) is 3.04. The lowest BCUT2D eigenvalue weighted by Crippen LogP contribution is -2.14. The second-order valence-corrected chi connectivity index (χ2v) is 7.40. The Hall–Kier alpha value is -0.820. The van der Waals surface area contributed by atoms with Gasteiger partial charge in [-0.2, -0.15) is 16.9 Å². The number of aromatic nitrogens is 2. The molecule has 0 spiro atoms. The van der Waals surface area contributed by atoms with Crippen molar-refractivity contribution in [1.29, 1.82) is 0 Å². The summed E-state index contributed by atoms with van der Waals surface area (Å²) in [5.74, 6) is 2.08. The van der Waals surface area contributed by atoms with Gasteiger partial charge in [-0.25, -0.2) is 0 Å². The number of halogens is 1. The summed E-state index contributed by atoms with van der Waals surface area (Å²) < 4.78 is 6.67. The summed E-state index contributed by atoms with van der Waals surface area (Å²) in [6, 6.07) is 2.01. The molecular weight excluding hydrogens is 328 g/mol. The normalized spacial score (nSPS) is 14.2. The number of methoxy groups -OCH3 is 1. The van der Waals surface area contributed by atoms with Crippen molar-refractivity contribution in [2.24, 2.45) is 0 Å². The molecule has 3 rings (SSSR count). The van der Waals surface area contributed by atoms with Gasteiger partial charge < -0.3 is 4.74 Å². The summed E-state index contributed by atoms with van der Waals surface area (Å²) in [5, 5.41) is 4.57. The van der Waals surface area contributed by atoms with Crippen LogP contribution >= 0.6 is 34.7 Å². The van der Waals surface area contributed by atoms with Gasteiger partial charge in [0.25, 0.3) is 0 Å². The molecule has 1 aliphatic rings. The monoisotopic (exact) mass is 342 g/mol. The van der Waals surface area contributed by atoms with Crippen molar-refractivity contribution in [2.75, 3.05) is 19.5 Å². The highest BCUT2D eigenvalue weighted by Crippen LogP contribution is 2.33. The van der Waals surface area contributed by atoms with Gasteiger partial charge in [0.1, 0.15) is 5.69 Å². The summed E-state index contributed by atoms with van der Waals surface area (Å²) in [7, 11) is 1.62. The molecule has 0 saturated carbocycles. The number of ether oxygens (including phenoxy) is 1. The Labute approximate surface area is 136 Å². The van der Waals surface area contributed by atoms with E-state index in [4.69, 9.17) is 16.3 Å². The van der Waals surface area contributed by atoms with Crippen LogP contribution in [-0.4, -0.2) is 35.0 Å². The van der Waals surface area contributed by atoms with Gasteiger partial charge in [-0.1, -0.05) is 11.6 Å². The van der Waals surface area contributed by atoms with Gasteiger partial charge in [-0.05, 0) is 23.8 Å². The van der Waals surface area contributed by atoms with Crippen LogP contribution in [0, 0.1) is 0 Å². The first-order chi connectivity index (χ1) is 10.2. The molecule has 0 aromatic carbocycles. The van der Waals surface area contributed by atoms with Crippen molar-refractivity contribution in [3.8, 4) is 0 Å². The quantitative estimate of drug-likeness (QED) is 0.782. The fourth-order valence-corrected chi connectivity index (χ4v) is 4.85. The molecule has 4 nitrogen and oxygen atoms in total. The Balaban J connectivity index is 1.91. The topological polar surface area (TPSA) is 44.1 Å². The molecule has 0 amide bonds. The molecule has 7 heteroatoms. The number of thioether (sulfide) groups is 1. The van der Waals surface area contributed by atoms with Gasteiger partial charge in [0.2, 0.25) is 5.78 Å². The Morgan fingerprint density at radius 2 is 2.43 bits per heavy atom. The minimum absolute atomic E-state index is 0.0435. The van der Waals surface area contributed by atoms with Crippen molar-refractivity contribution >= 4 is 40.5 Å². The summed E-state index contributed by atoms with van der Waals surface area (Å²) >= 11 is 9.65. The molecule has 21 heavy (non-hydrogen) atoms. The molecule has 2 aromatic heterocycles. The largest absolute Gasteiger partial charge is 0.383 e. The van der Waals surface area contributed by atoms with Gasteiger partial charge in [-0.15, -0.1) is 11.3 Å². The summed E-state index contributed by atoms with van der Waals surface area (Å²) in [6.07, 6.45) is 2.57. The van der Waals surface area contributed by atoms with Crippen molar-refractivity contribution in [3.05, 3.63) is 38.3 Å². The number of aryl methyl sites for hydroxylation is 1. The van der Waals surface area contributed by atoms with Crippen LogP contribution < -0.4 is 0 Å².